The Hall–Kier alpha value is 1.04. The summed E-state index contributed by atoms with van der Waals surface area (Å²) in [6.07, 6.45) is 5.41. The van der Waals surface area contributed by atoms with Gasteiger partial charge in [0.1, 0.15) is 3.61 Å². The van der Waals surface area contributed by atoms with Crippen LogP contribution in [0, 0.1) is 45.3 Å². The lowest BCUT2D eigenvalue weighted by molar-refractivity contribution is -0.240. The van der Waals surface area contributed by atoms with Crippen molar-refractivity contribution in [2.45, 2.75) is 119 Å². The number of hydrogen-bond acceptors (Lipinski definition) is 4. The first kappa shape index (κ1) is 29.0. The molecule has 0 aromatic carbocycles. The van der Waals surface area contributed by atoms with Gasteiger partial charge in [-0.3, -0.25) is 0 Å². The van der Waals surface area contributed by atoms with Crippen molar-refractivity contribution in [2.24, 2.45) is 45.3 Å². The molecule has 4 aliphatic carbocycles. The molecule has 4 rings (SSSR count). The molecule has 202 valence electrons. The molecule has 12 atom stereocenters. The third-order valence-electron chi connectivity index (χ3n) is 12.1. The van der Waals surface area contributed by atoms with Crippen molar-refractivity contribution in [1.29, 1.82) is 0 Å². The van der Waals surface area contributed by atoms with Crippen LogP contribution >= 0.6 is 45.2 Å². The maximum absolute atomic E-state index is 11.8. The summed E-state index contributed by atoms with van der Waals surface area (Å²) in [7, 11) is 0. The molecule has 0 amide bonds. The second-order valence-electron chi connectivity index (χ2n) is 14.2. The van der Waals surface area contributed by atoms with Gasteiger partial charge in [0, 0.05) is 9.84 Å². The summed E-state index contributed by atoms with van der Waals surface area (Å²) >= 11 is 4.90. The maximum Gasteiger partial charge on any atom is 0.119 e. The molecular weight excluding hydrogens is 666 g/mol. The minimum atomic E-state index is -0.956. The van der Waals surface area contributed by atoms with E-state index in [0.29, 0.717) is 28.6 Å². The number of fused-ring (bicyclic) bond motifs is 5. The molecule has 0 spiro atoms. The van der Waals surface area contributed by atoms with Crippen LogP contribution < -0.4 is 0 Å². The summed E-state index contributed by atoms with van der Waals surface area (Å²) in [6, 6.07) is 0. The first-order chi connectivity index (χ1) is 15.9. The largest absolute Gasteiger partial charge is 0.393 e. The molecule has 4 aliphatic rings. The molecule has 4 fully saturated rings. The number of rotatable bonds is 5. The first-order valence-electron chi connectivity index (χ1n) is 13.7. The van der Waals surface area contributed by atoms with Gasteiger partial charge in [0.15, 0.2) is 0 Å². The summed E-state index contributed by atoms with van der Waals surface area (Å²) < 4.78 is -0.484. The molecule has 6 heteroatoms. The molecule has 0 bridgehead atoms. The monoisotopic (exact) mass is 714 g/mol. The molecule has 4 saturated carbocycles. The van der Waals surface area contributed by atoms with Crippen LogP contribution in [-0.4, -0.2) is 46.3 Å². The number of halogens is 2. The highest BCUT2D eigenvalue weighted by molar-refractivity contribution is 14.1. The summed E-state index contributed by atoms with van der Waals surface area (Å²) in [5, 5.41) is 44.8. The molecule has 0 radical (unpaired) electrons. The van der Waals surface area contributed by atoms with Crippen LogP contribution in [0.5, 0.6) is 0 Å². The van der Waals surface area contributed by atoms with Gasteiger partial charge in [0.05, 0.1) is 18.3 Å². The highest BCUT2D eigenvalue weighted by Gasteiger charge is 2.72. The van der Waals surface area contributed by atoms with Gasteiger partial charge in [-0.05, 0) is 120 Å². The molecule has 0 aromatic rings. The van der Waals surface area contributed by atoms with Crippen LogP contribution in [0.3, 0.4) is 0 Å². The standard InChI is InChI=1S/C29H48I2O4/c1-16(2)19(32)9-13-29(31,35)17-8-12-27(6)23(17)20(33)14-21-26(5)11-10-22(34)25(3,4)24(26)18(30)15-28(21,27)7/h17-24,32-35H,1,8-15H2,2-7H3/t17?,18?,19?,20?,21?,22?,23?,24?,26?,27-,28?,29?/m1/s1. The average Bonchev–Trinajstić information content (AvgIpc) is 3.12. The van der Waals surface area contributed by atoms with E-state index in [0.717, 1.165) is 44.1 Å². The smallest absolute Gasteiger partial charge is 0.119 e. The van der Waals surface area contributed by atoms with Gasteiger partial charge in [0.25, 0.3) is 0 Å². The van der Waals surface area contributed by atoms with Gasteiger partial charge >= 0.3 is 0 Å². The zero-order valence-corrected chi connectivity index (χ0v) is 26.8. The zero-order chi connectivity index (χ0) is 26.4. The number of alkyl halides is 2. The fraction of sp³-hybridized carbons (Fsp3) is 0.931. The molecule has 0 aromatic heterocycles. The van der Waals surface area contributed by atoms with Crippen molar-refractivity contribution in [3.63, 3.8) is 0 Å². The third kappa shape index (κ3) is 4.23. The lowest BCUT2D eigenvalue weighted by Crippen LogP contribution is -2.69. The second kappa shape index (κ2) is 9.31. The van der Waals surface area contributed by atoms with Gasteiger partial charge in [-0.1, -0.05) is 69.4 Å². The van der Waals surface area contributed by atoms with E-state index in [1.807, 2.05) is 6.92 Å². The van der Waals surface area contributed by atoms with E-state index in [2.05, 4.69) is 86.4 Å². The minimum Gasteiger partial charge on any atom is -0.393 e. The van der Waals surface area contributed by atoms with Crippen LogP contribution in [-0.2, 0) is 0 Å². The highest BCUT2D eigenvalue weighted by atomic mass is 127. The second-order valence-corrected chi connectivity index (χ2v) is 17.6. The molecule has 0 aliphatic heterocycles. The quantitative estimate of drug-likeness (QED) is 0.154. The van der Waals surface area contributed by atoms with E-state index in [4.69, 9.17) is 0 Å². The van der Waals surface area contributed by atoms with Crippen LogP contribution in [0.15, 0.2) is 12.2 Å². The van der Waals surface area contributed by atoms with Gasteiger partial charge in [0.2, 0.25) is 0 Å². The van der Waals surface area contributed by atoms with E-state index >= 15 is 0 Å². The Morgan fingerprint density at radius 2 is 1.71 bits per heavy atom. The van der Waals surface area contributed by atoms with Crippen molar-refractivity contribution >= 4 is 45.2 Å². The molecule has 0 heterocycles. The molecule has 35 heavy (non-hydrogen) atoms. The Morgan fingerprint density at radius 3 is 2.31 bits per heavy atom. The van der Waals surface area contributed by atoms with Crippen molar-refractivity contribution in [2.75, 3.05) is 0 Å². The van der Waals surface area contributed by atoms with E-state index in [-0.39, 0.29) is 39.6 Å². The van der Waals surface area contributed by atoms with Crippen molar-refractivity contribution in [1.82, 2.24) is 0 Å². The summed E-state index contributed by atoms with van der Waals surface area (Å²) in [5.41, 5.74) is 0.712. The van der Waals surface area contributed by atoms with Crippen molar-refractivity contribution in [3.05, 3.63) is 12.2 Å². The number of aliphatic hydroxyl groups is 4. The Labute approximate surface area is 240 Å². The third-order valence-corrected chi connectivity index (χ3v) is 14.6. The molecule has 11 unspecified atom stereocenters. The number of aliphatic hydroxyl groups excluding tert-OH is 3. The molecule has 4 nitrogen and oxygen atoms in total. The van der Waals surface area contributed by atoms with Crippen molar-refractivity contribution in [3.8, 4) is 0 Å². The summed E-state index contributed by atoms with van der Waals surface area (Å²) in [4.78, 5) is 0. The Morgan fingerprint density at radius 1 is 1.09 bits per heavy atom. The summed E-state index contributed by atoms with van der Waals surface area (Å²) in [5.74, 6) is 0.895. The first-order valence-corrected chi connectivity index (χ1v) is 16.0. The van der Waals surface area contributed by atoms with Gasteiger partial charge in [-0.15, -0.1) is 0 Å². The van der Waals surface area contributed by atoms with Gasteiger partial charge < -0.3 is 20.4 Å². The van der Waals surface area contributed by atoms with E-state index in [1.165, 1.54) is 0 Å². The topological polar surface area (TPSA) is 80.9 Å². The normalized spacial score (nSPS) is 51.5. The highest BCUT2D eigenvalue weighted by Crippen LogP contribution is 2.76. The lowest BCUT2D eigenvalue weighted by atomic mass is 9.35. The molecule has 0 saturated heterocycles. The van der Waals surface area contributed by atoms with Crippen LogP contribution in [0.1, 0.15) is 92.9 Å². The van der Waals surface area contributed by atoms with Crippen molar-refractivity contribution < 1.29 is 20.4 Å². The minimum absolute atomic E-state index is 0.0148. The van der Waals surface area contributed by atoms with E-state index < -0.39 is 15.8 Å². The predicted molar refractivity (Wildman–Crippen MR) is 159 cm³/mol. The Balaban J connectivity index is 1.68. The number of hydrogen-bond donors (Lipinski definition) is 4. The molecular formula is C29H48I2O4. The molecule has 4 N–H and O–H groups in total. The zero-order valence-electron chi connectivity index (χ0n) is 22.5. The van der Waals surface area contributed by atoms with Gasteiger partial charge in [-0.25, -0.2) is 0 Å². The van der Waals surface area contributed by atoms with Crippen LogP contribution in [0.4, 0.5) is 0 Å². The average molecular weight is 715 g/mol. The SMILES string of the molecule is C=C(C)C(O)CCC(O)(I)C1CC[C@]2(C)C1C(O)CC1C3(C)CCC(O)C(C)(C)C3C(I)CC12C. The summed E-state index contributed by atoms with van der Waals surface area (Å²) in [6.45, 7) is 17.6. The maximum atomic E-state index is 11.8. The van der Waals surface area contributed by atoms with E-state index in [9.17, 15) is 20.4 Å². The van der Waals surface area contributed by atoms with Crippen LogP contribution in [0.2, 0.25) is 0 Å². The van der Waals surface area contributed by atoms with E-state index in [1.54, 1.807) is 0 Å². The Bertz CT molecular complexity index is 845. The van der Waals surface area contributed by atoms with Gasteiger partial charge in [-0.2, -0.15) is 0 Å². The fourth-order valence-electron chi connectivity index (χ4n) is 10.1. The fourth-order valence-corrected chi connectivity index (χ4v) is 13.8. The van der Waals surface area contributed by atoms with Crippen LogP contribution in [0.25, 0.3) is 0 Å². The lowest BCUT2D eigenvalue weighted by Gasteiger charge is -2.71. The Kier molecular flexibility index (Phi) is 7.72. The predicted octanol–water partition coefficient (Wildman–Crippen LogP) is 6.26.